The van der Waals surface area contributed by atoms with E-state index in [4.69, 9.17) is 4.74 Å². The number of hydrogen-bond acceptors (Lipinski definition) is 3. The molecular formula is C23H27NO3. The summed E-state index contributed by atoms with van der Waals surface area (Å²) in [5, 5.41) is 11.6. The van der Waals surface area contributed by atoms with E-state index >= 15 is 0 Å². The monoisotopic (exact) mass is 365 g/mol. The molecule has 1 saturated carbocycles. The van der Waals surface area contributed by atoms with Crippen molar-refractivity contribution in [3.63, 3.8) is 0 Å². The van der Waals surface area contributed by atoms with Crippen molar-refractivity contribution in [2.24, 2.45) is 5.92 Å². The third kappa shape index (κ3) is 3.59. The van der Waals surface area contributed by atoms with Crippen molar-refractivity contribution >= 4 is 6.09 Å². The van der Waals surface area contributed by atoms with Crippen LogP contribution in [0.3, 0.4) is 0 Å². The molecular weight excluding hydrogens is 338 g/mol. The van der Waals surface area contributed by atoms with Crippen LogP contribution < -0.4 is 0 Å². The molecule has 2 aliphatic rings. The number of aliphatic hydroxyl groups is 1. The van der Waals surface area contributed by atoms with Crippen molar-refractivity contribution in [3.05, 3.63) is 71.8 Å². The van der Waals surface area contributed by atoms with E-state index in [1.54, 1.807) is 0 Å². The molecule has 4 rings (SSSR count). The van der Waals surface area contributed by atoms with E-state index in [0.717, 1.165) is 36.8 Å². The van der Waals surface area contributed by atoms with Gasteiger partial charge in [-0.2, -0.15) is 0 Å². The summed E-state index contributed by atoms with van der Waals surface area (Å²) in [6.07, 6.45) is 4.36. The number of carbonyl (C=O) groups is 1. The van der Waals surface area contributed by atoms with Crippen LogP contribution in [0.25, 0.3) is 0 Å². The zero-order chi connectivity index (χ0) is 18.7. The Morgan fingerprint density at radius 2 is 1.70 bits per heavy atom. The Morgan fingerprint density at radius 1 is 1.04 bits per heavy atom. The summed E-state index contributed by atoms with van der Waals surface area (Å²) in [6, 6.07) is 19.8. The third-order valence-electron chi connectivity index (χ3n) is 6.19. The zero-order valence-electron chi connectivity index (χ0n) is 15.6. The van der Waals surface area contributed by atoms with Gasteiger partial charge < -0.3 is 14.7 Å². The lowest BCUT2D eigenvalue weighted by molar-refractivity contribution is -0.114. The minimum Gasteiger partial charge on any atom is -0.445 e. The predicted molar refractivity (Wildman–Crippen MR) is 104 cm³/mol. The number of rotatable bonds is 3. The summed E-state index contributed by atoms with van der Waals surface area (Å²) in [6.45, 7) is 0.816. The van der Waals surface area contributed by atoms with Gasteiger partial charge in [0.15, 0.2) is 0 Å². The molecule has 0 radical (unpaired) electrons. The first kappa shape index (κ1) is 18.1. The Balaban J connectivity index is 1.50. The minimum atomic E-state index is -0.859. The fraction of sp³-hybridized carbons (Fsp3) is 0.435. The normalized spacial score (nSPS) is 27.7. The van der Waals surface area contributed by atoms with Gasteiger partial charge in [0.25, 0.3) is 0 Å². The fourth-order valence-corrected chi connectivity index (χ4v) is 4.80. The smallest absolute Gasteiger partial charge is 0.410 e. The first-order valence-corrected chi connectivity index (χ1v) is 9.94. The number of fused-ring (bicyclic) bond motifs is 1. The van der Waals surface area contributed by atoms with E-state index in [1.807, 2.05) is 65.6 Å². The second-order valence-electron chi connectivity index (χ2n) is 7.73. The van der Waals surface area contributed by atoms with Crippen LogP contribution in [0.1, 0.15) is 43.2 Å². The second-order valence-corrected chi connectivity index (χ2v) is 7.73. The Hall–Kier alpha value is -2.33. The summed E-state index contributed by atoms with van der Waals surface area (Å²) in [5.41, 5.74) is 1.10. The molecule has 1 unspecified atom stereocenters. The Kier molecular flexibility index (Phi) is 5.17. The molecule has 1 N–H and O–H groups in total. The summed E-state index contributed by atoms with van der Waals surface area (Å²) in [5.74, 6) is 0.0617. The molecule has 0 bridgehead atoms. The SMILES string of the molecule is O=C(OCc1ccccc1)N1CCC(O)(c2ccccc2)[C@@H]2CCCC[C@@H]21. The number of piperidine rings is 1. The summed E-state index contributed by atoms with van der Waals surface area (Å²) >= 11 is 0. The zero-order valence-corrected chi connectivity index (χ0v) is 15.6. The van der Waals surface area contributed by atoms with Crippen LogP contribution >= 0.6 is 0 Å². The molecule has 1 amide bonds. The van der Waals surface area contributed by atoms with E-state index < -0.39 is 5.60 Å². The third-order valence-corrected chi connectivity index (χ3v) is 6.19. The fourth-order valence-electron chi connectivity index (χ4n) is 4.80. The van der Waals surface area contributed by atoms with Gasteiger partial charge in [0, 0.05) is 18.5 Å². The van der Waals surface area contributed by atoms with Crippen LogP contribution in [0.2, 0.25) is 0 Å². The van der Waals surface area contributed by atoms with Crippen molar-refractivity contribution in [2.45, 2.75) is 50.4 Å². The van der Waals surface area contributed by atoms with Gasteiger partial charge in [-0.25, -0.2) is 4.79 Å². The van der Waals surface area contributed by atoms with Crippen molar-refractivity contribution in [1.82, 2.24) is 4.90 Å². The van der Waals surface area contributed by atoms with Crippen LogP contribution in [0.15, 0.2) is 60.7 Å². The van der Waals surface area contributed by atoms with E-state index in [0.29, 0.717) is 13.0 Å². The lowest BCUT2D eigenvalue weighted by atomic mass is 9.66. The molecule has 4 nitrogen and oxygen atoms in total. The van der Waals surface area contributed by atoms with Crippen molar-refractivity contribution < 1.29 is 14.6 Å². The molecule has 1 saturated heterocycles. The highest BCUT2D eigenvalue weighted by molar-refractivity contribution is 5.68. The predicted octanol–water partition coefficient (Wildman–Crippen LogP) is 4.48. The molecule has 3 atom stereocenters. The number of carbonyl (C=O) groups excluding carboxylic acids is 1. The lowest BCUT2D eigenvalue weighted by Crippen LogP contribution is -2.59. The Labute approximate surface area is 160 Å². The lowest BCUT2D eigenvalue weighted by Gasteiger charge is -2.52. The average Bonchev–Trinajstić information content (AvgIpc) is 2.74. The quantitative estimate of drug-likeness (QED) is 0.873. The van der Waals surface area contributed by atoms with Gasteiger partial charge in [0.05, 0.1) is 5.60 Å². The van der Waals surface area contributed by atoms with Gasteiger partial charge in [-0.3, -0.25) is 0 Å². The largest absolute Gasteiger partial charge is 0.445 e. The molecule has 2 aromatic carbocycles. The number of amides is 1. The van der Waals surface area contributed by atoms with Crippen molar-refractivity contribution in [3.8, 4) is 0 Å². The number of likely N-dealkylation sites (tertiary alicyclic amines) is 1. The Morgan fingerprint density at radius 3 is 2.44 bits per heavy atom. The second kappa shape index (κ2) is 7.73. The first-order valence-electron chi connectivity index (χ1n) is 9.94. The maximum absolute atomic E-state index is 12.8. The maximum Gasteiger partial charge on any atom is 0.410 e. The van der Waals surface area contributed by atoms with Gasteiger partial charge >= 0.3 is 6.09 Å². The highest BCUT2D eigenvalue weighted by Crippen LogP contribution is 2.47. The number of hydrogen-bond donors (Lipinski definition) is 1. The number of nitrogens with zero attached hydrogens (tertiary/aromatic N) is 1. The minimum absolute atomic E-state index is 0.0426. The molecule has 1 aliphatic heterocycles. The van der Waals surface area contributed by atoms with E-state index in [1.165, 1.54) is 0 Å². The number of ether oxygens (including phenoxy) is 1. The number of benzene rings is 2. The average molecular weight is 365 g/mol. The molecule has 2 fully saturated rings. The van der Waals surface area contributed by atoms with E-state index in [9.17, 15) is 9.90 Å². The molecule has 0 aromatic heterocycles. The molecule has 142 valence electrons. The topological polar surface area (TPSA) is 49.8 Å². The van der Waals surface area contributed by atoms with Gasteiger partial charge in [0.1, 0.15) is 6.61 Å². The van der Waals surface area contributed by atoms with Crippen LogP contribution in [-0.2, 0) is 16.9 Å². The molecule has 0 spiro atoms. The van der Waals surface area contributed by atoms with Gasteiger partial charge in [-0.15, -0.1) is 0 Å². The van der Waals surface area contributed by atoms with Crippen LogP contribution in [-0.4, -0.2) is 28.7 Å². The highest BCUT2D eigenvalue weighted by Gasteiger charge is 2.50. The highest BCUT2D eigenvalue weighted by atomic mass is 16.6. The molecule has 4 heteroatoms. The summed E-state index contributed by atoms with van der Waals surface area (Å²) in [4.78, 5) is 14.7. The van der Waals surface area contributed by atoms with Gasteiger partial charge in [-0.05, 0) is 30.4 Å². The van der Waals surface area contributed by atoms with E-state index in [2.05, 4.69) is 0 Å². The molecule has 2 aromatic rings. The van der Waals surface area contributed by atoms with Gasteiger partial charge in [-0.1, -0.05) is 73.5 Å². The van der Waals surface area contributed by atoms with Crippen LogP contribution in [0.4, 0.5) is 4.79 Å². The molecule has 1 heterocycles. The van der Waals surface area contributed by atoms with Crippen LogP contribution in [0.5, 0.6) is 0 Å². The van der Waals surface area contributed by atoms with Crippen molar-refractivity contribution in [2.75, 3.05) is 6.54 Å². The standard InChI is InChI=1S/C23H27NO3/c25-22(27-17-18-9-3-1-4-10-18)24-16-15-23(26,19-11-5-2-6-12-19)20-13-7-8-14-21(20)24/h1-6,9-12,20-21,26H,7-8,13-17H2/t20-,21+,23?/m1/s1. The van der Waals surface area contributed by atoms with Crippen molar-refractivity contribution in [1.29, 1.82) is 0 Å². The Bertz CT molecular complexity index is 764. The molecule has 27 heavy (non-hydrogen) atoms. The first-order chi connectivity index (χ1) is 13.2. The van der Waals surface area contributed by atoms with Gasteiger partial charge in [0.2, 0.25) is 0 Å². The maximum atomic E-state index is 12.8. The van der Waals surface area contributed by atoms with Crippen LogP contribution in [0, 0.1) is 5.92 Å². The summed E-state index contributed by atoms with van der Waals surface area (Å²) in [7, 11) is 0. The van der Waals surface area contributed by atoms with E-state index in [-0.39, 0.29) is 24.7 Å². The summed E-state index contributed by atoms with van der Waals surface area (Å²) < 4.78 is 5.60. The molecule has 1 aliphatic carbocycles.